The summed E-state index contributed by atoms with van der Waals surface area (Å²) >= 11 is 0. The summed E-state index contributed by atoms with van der Waals surface area (Å²) in [6.07, 6.45) is 0. The summed E-state index contributed by atoms with van der Waals surface area (Å²) in [5.41, 5.74) is 1.93. The van der Waals surface area contributed by atoms with Gasteiger partial charge in [0.25, 0.3) is 0 Å². The summed E-state index contributed by atoms with van der Waals surface area (Å²) in [5.74, 6) is 0.181. The number of aryl methyl sites for hydroxylation is 1. The van der Waals surface area contributed by atoms with Crippen LogP contribution in [-0.2, 0) is 0 Å². The fourth-order valence-electron chi connectivity index (χ4n) is 1.11. The van der Waals surface area contributed by atoms with Crippen molar-refractivity contribution in [1.29, 1.82) is 0 Å². The lowest BCUT2D eigenvalue weighted by molar-refractivity contribution is 0.597. The van der Waals surface area contributed by atoms with Gasteiger partial charge in [-0.3, -0.25) is 0 Å². The van der Waals surface area contributed by atoms with Crippen LogP contribution in [0.3, 0.4) is 0 Å². The van der Waals surface area contributed by atoms with E-state index in [1.165, 1.54) is 6.07 Å². The second-order valence-electron chi connectivity index (χ2n) is 3.18. The Morgan fingerprint density at radius 1 is 1.15 bits per heavy atom. The van der Waals surface area contributed by atoms with Crippen molar-refractivity contribution >= 4 is 0 Å². The molecule has 0 saturated carbocycles. The van der Waals surface area contributed by atoms with E-state index in [9.17, 15) is 4.39 Å². The molecule has 0 nitrogen and oxygen atoms in total. The van der Waals surface area contributed by atoms with Gasteiger partial charge in [0.2, 0.25) is 0 Å². The van der Waals surface area contributed by atoms with Crippen LogP contribution in [0.1, 0.15) is 44.7 Å². The molecule has 1 aromatic rings. The van der Waals surface area contributed by atoms with E-state index in [-0.39, 0.29) is 11.7 Å². The Balaban J connectivity index is 0.000000671. The molecule has 13 heavy (non-hydrogen) atoms. The van der Waals surface area contributed by atoms with Gasteiger partial charge in [0.15, 0.2) is 0 Å². The molecule has 0 fully saturated rings. The third-order valence-electron chi connectivity index (χ3n) is 1.77. The zero-order valence-electron chi connectivity index (χ0n) is 9.19. The fraction of sp³-hybridized carbons (Fsp3) is 0.500. The van der Waals surface area contributed by atoms with Crippen molar-refractivity contribution in [2.75, 3.05) is 0 Å². The van der Waals surface area contributed by atoms with E-state index in [0.717, 1.165) is 11.1 Å². The summed E-state index contributed by atoms with van der Waals surface area (Å²) in [7, 11) is 0. The van der Waals surface area contributed by atoms with Crippen molar-refractivity contribution in [2.45, 2.75) is 40.5 Å². The number of hydrogen-bond acceptors (Lipinski definition) is 0. The zero-order valence-corrected chi connectivity index (χ0v) is 9.19. The maximum absolute atomic E-state index is 13.0. The number of rotatable bonds is 1. The molecule has 0 spiro atoms. The SMILES string of the molecule is CC.Cc1ccc(F)c(C(C)C)c1. The third-order valence-corrected chi connectivity index (χ3v) is 1.77. The molecule has 1 rings (SSSR count). The lowest BCUT2D eigenvalue weighted by Gasteiger charge is -2.06. The minimum absolute atomic E-state index is 0.0920. The molecule has 0 heterocycles. The highest BCUT2D eigenvalue weighted by Crippen LogP contribution is 2.18. The van der Waals surface area contributed by atoms with E-state index < -0.39 is 0 Å². The van der Waals surface area contributed by atoms with E-state index >= 15 is 0 Å². The standard InChI is InChI=1S/C10H13F.C2H6/c1-7(2)9-6-8(3)4-5-10(9)11;1-2/h4-7H,1-3H3;1-2H3. The van der Waals surface area contributed by atoms with Crippen LogP contribution in [0.5, 0.6) is 0 Å². The normalized spacial score (nSPS) is 9.46. The fourth-order valence-corrected chi connectivity index (χ4v) is 1.11. The minimum atomic E-state index is -0.0920. The Labute approximate surface area is 80.8 Å². The van der Waals surface area contributed by atoms with Crippen LogP contribution in [0, 0.1) is 12.7 Å². The number of benzene rings is 1. The van der Waals surface area contributed by atoms with Crippen LogP contribution < -0.4 is 0 Å². The first-order chi connectivity index (χ1) is 6.11. The molecule has 0 radical (unpaired) electrons. The minimum Gasteiger partial charge on any atom is -0.207 e. The lowest BCUT2D eigenvalue weighted by Crippen LogP contribution is -1.92. The molecule has 1 aromatic carbocycles. The van der Waals surface area contributed by atoms with Crippen molar-refractivity contribution in [3.05, 3.63) is 35.1 Å². The van der Waals surface area contributed by atoms with E-state index in [0.29, 0.717) is 0 Å². The quantitative estimate of drug-likeness (QED) is 0.608. The molecule has 1 heteroatoms. The Bertz CT molecular complexity index is 251. The Morgan fingerprint density at radius 2 is 1.69 bits per heavy atom. The van der Waals surface area contributed by atoms with Crippen LogP contribution in [0.4, 0.5) is 4.39 Å². The van der Waals surface area contributed by atoms with Crippen LogP contribution in [0.15, 0.2) is 18.2 Å². The molecule has 0 saturated heterocycles. The summed E-state index contributed by atoms with van der Waals surface area (Å²) in [5, 5.41) is 0. The van der Waals surface area contributed by atoms with Gasteiger partial charge in [-0.2, -0.15) is 0 Å². The lowest BCUT2D eigenvalue weighted by atomic mass is 10.0. The van der Waals surface area contributed by atoms with Gasteiger partial charge in [0.05, 0.1) is 0 Å². The van der Waals surface area contributed by atoms with Crippen molar-refractivity contribution in [3.8, 4) is 0 Å². The van der Waals surface area contributed by atoms with E-state index in [2.05, 4.69) is 0 Å². The molecule has 0 unspecified atom stereocenters. The van der Waals surface area contributed by atoms with Gasteiger partial charge in [0, 0.05) is 0 Å². The predicted molar refractivity (Wildman–Crippen MR) is 56.6 cm³/mol. The van der Waals surface area contributed by atoms with Gasteiger partial charge >= 0.3 is 0 Å². The Kier molecular flexibility index (Phi) is 5.36. The van der Waals surface area contributed by atoms with E-state index in [1.807, 2.05) is 40.7 Å². The molecule has 0 atom stereocenters. The highest BCUT2D eigenvalue weighted by Gasteiger charge is 2.04. The van der Waals surface area contributed by atoms with Crippen molar-refractivity contribution < 1.29 is 4.39 Å². The smallest absolute Gasteiger partial charge is 0.126 e. The molecule has 0 aliphatic heterocycles. The molecule has 0 bridgehead atoms. The average Bonchev–Trinajstić information content (AvgIpc) is 2.12. The van der Waals surface area contributed by atoms with Gasteiger partial charge < -0.3 is 0 Å². The summed E-state index contributed by atoms with van der Waals surface area (Å²) in [4.78, 5) is 0. The van der Waals surface area contributed by atoms with Gasteiger partial charge in [-0.15, -0.1) is 0 Å². The number of halogens is 1. The monoisotopic (exact) mass is 182 g/mol. The topological polar surface area (TPSA) is 0 Å². The molecule has 0 amide bonds. The second-order valence-corrected chi connectivity index (χ2v) is 3.18. The Hall–Kier alpha value is -0.850. The number of hydrogen-bond donors (Lipinski definition) is 0. The molecule has 0 aromatic heterocycles. The van der Waals surface area contributed by atoms with Gasteiger partial charge in [-0.1, -0.05) is 45.4 Å². The third kappa shape index (κ3) is 3.58. The molecule has 74 valence electrons. The maximum Gasteiger partial charge on any atom is 0.126 e. The predicted octanol–water partition coefficient (Wildman–Crippen LogP) is 4.28. The second kappa shape index (κ2) is 5.74. The van der Waals surface area contributed by atoms with Crippen LogP contribution >= 0.6 is 0 Å². The first-order valence-corrected chi connectivity index (χ1v) is 4.87. The Morgan fingerprint density at radius 3 is 2.08 bits per heavy atom. The average molecular weight is 182 g/mol. The van der Waals surface area contributed by atoms with Gasteiger partial charge in [-0.25, -0.2) is 4.39 Å². The van der Waals surface area contributed by atoms with E-state index in [4.69, 9.17) is 0 Å². The molecule has 0 aliphatic carbocycles. The first-order valence-electron chi connectivity index (χ1n) is 4.87. The molecule has 0 N–H and O–H groups in total. The molecular weight excluding hydrogens is 163 g/mol. The van der Waals surface area contributed by atoms with Crippen LogP contribution in [0.2, 0.25) is 0 Å². The van der Waals surface area contributed by atoms with Gasteiger partial charge in [0.1, 0.15) is 5.82 Å². The van der Waals surface area contributed by atoms with Gasteiger partial charge in [-0.05, 0) is 24.5 Å². The molecular formula is C12H19F. The first kappa shape index (κ1) is 12.2. The maximum atomic E-state index is 13.0. The van der Waals surface area contributed by atoms with E-state index in [1.54, 1.807) is 6.07 Å². The highest BCUT2D eigenvalue weighted by atomic mass is 19.1. The largest absolute Gasteiger partial charge is 0.207 e. The highest BCUT2D eigenvalue weighted by molar-refractivity contribution is 5.26. The summed E-state index contributed by atoms with van der Waals surface area (Å²) < 4.78 is 13.0. The summed E-state index contributed by atoms with van der Waals surface area (Å²) in [6.45, 7) is 9.97. The van der Waals surface area contributed by atoms with Crippen molar-refractivity contribution in [1.82, 2.24) is 0 Å². The zero-order chi connectivity index (χ0) is 10.4. The van der Waals surface area contributed by atoms with Crippen molar-refractivity contribution in [2.24, 2.45) is 0 Å². The van der Waals surface area contributed by atoms with Crippen LogP contribution in [0.25, 0.3) is 0 Å². The molecule has 0 aliphatic rings. The van der Waals surface area contributed by atoms with Crippen molar-refractivity contribution in [3.63, 3.8) is 0 Å². The summed E-state index contributed by atoms with van der Waals surface area (Å²) in [6, 6.07) is 5.23. The van der Waals surface area contributed by atoms with Crippen LogP contribution in [-0.4, -0.2) is 0 Å².